The summed E-state index contributed by atoms with van der Waals surface area (Å²) in [5, 5.41) is 0. The van der Waals surface area contributed by atoms with Gasteiger partial charge in [-0.1, -0.05) is 60.9 Å². The molecular weight excluding hydrogens is 346 g/mol. The van der Waals surface area contributed by atoms with Gasteiger partial charge < -0.3 is 0 Å². The third-order valence-corrected chi connectivity index (χ3v) is 6.53. The average molecular weight is 369 g/mol. The van der Waals surface area contributed by atoms with Crippen molar-refractivity contribution in [2.24, 2.45) is 0 Å². The molecule has 136 valence electrons. The molecule has 0 aromatic heterocycles. The van der Waals surface area contributed by atoms with E-state index in [4.69, 9.17) is 0 Å². The molecule has 1 amide bonds. The number of likely N-dealkylation sites (N-methyl/N-ethyl adjacent to an activating group) is 1. The Morgan fingerprint density at radius 2 is 1.73 bits per heavy atom. The summed E-state index contributed by atoms with van der Waals surface area (Å²) >= 11 is 0. The van der Waals surface area contributed by atoms with Crippen LogP contribution in [0.3, 0.4) is 0 Å². The van der Waals surface area contributed by atoms with Crippen molar-refractivity contribution in [1.82, 2.24) is 4.31 Å². The molecule has 2 aromatic rings. The lowest BCUT2D eigenvalue weighted by Crippen LogP contribution is -2.34. The van der Waals surface area contributed by atoms with Gasteiger partial charge in [0.1, 0.15) is 0 Å². The first-order valence-corrected chi connectivity index (χ1v) is 10.2. The Balaban J connectivity index is 2.01. The fraction of sp³-hybridized carbons (Fsp3) is 0.286. The average Bonchev–Trinajstić information content (AvgIpc) is 2.99. The smallest absolute Gasteiger partial charge is 0.267 e. The summed E-state index contributed by atoms with van der Waals surface area (Å²) in [5.74, 6) is -0.459. The Morgan fingerprint density at radius 1 is 1.08 bits per heavy atom. The summed E-state index contributed by atoms with van der Waals surface area (Å²) in [7, 11) is -2.54. The number of amides is 1. The lowest BCUT2D eigenvalue weighted by Gasteiger charge is -2.20. The van der Waals surface area contributed by atoms with Crippen molar-refractivity contribution in [3.63, 3.8) is 0 Å². The van der Waals surface area contributed by atoms with Gasteiger partial charge >= 0.3 is 0 Å². The topological polar surface area (TPSA) is 54.5 Å². The van der Waals surface area contributed by atoms with Crippen LogP contribution in [0.2, 0.25) is 0 Å². The quantitative estimate of drug-likeness (QED) is 0.802. The highest BCUT2D eigenvalue weighted by atomic mass is 32.2. The molecule has 3 rings (SSSR count). The van der Waals surface area contributed by atoms with Crippen molar-refractivity contribution in [2.45, 2.75) is 38.0 Å². The Hall–Kier alpha value is -2.40. The van der Waals surface area contributed by atoms with E-state index in [2.05, 4.69) is 6.92 Å². The number of aryl methyl sites for hydroxylation is 1. The summed E-state index contributed by atoms with van der Waals surface area (Å²) in [4.78, 5) is 13.3. The van der Waals surface area contributed by atoms with Crippen molar-refractivity contribution in [1.29, 1.82) is 0 Å². The Labute approximate surface area is 155 Å². The van der Waals surface area contributed by atoms with Gasteiger partial charge in [-0.15, -0.1) is 0 Å². The van der Waals surface area contributed by atoms with Gasteiger partial charge in [-0.2, -0.15) is 0 Å². The lowest BCUT2D eigenvalue weighted by atomic mass is 10.0. The molecule has 0 fully saturated rings. The number of fused-ring (bicyclic) bond motifs is 1. The maximum absolute atomic E-state index is 13.2. The predicted molar refractivity (Wildman–Crippen MR) is 103 cm³/mol. The molecule has 0 atom stereocenters. The molecule has 0 saturated carbocycles. The molecule has 0 bridgehead atoms. The highest BCUT2D eigenvalue weighted by molar-refractivity contribution is 7.89. The first kappa shape index (κ1) is 18.4. The molecule has 1 aliphatic carbocycles. The van der Waals surface area contributed by atoms with Crippen LogP contribution in [0.5, 0.6) is 0 Å². The van der Waals surface area contributed by atoms with Gasteiger partial charge in [0.05, 0.1) is 4.90 Å². The van der Waals surface area contributed by atoms with E-state index >= 15 is 0 Å². The van der Waals surface area contributed by atoms with Crippen molar-refractivity contribution in [3.05, 3.63) is 70.8 Å². The number of carbonyl (C=O) groups is 1. The molecule has 2 aromatic carbocycles. The standard InChI is InChI=1S/C21H23NO3S/c1-4-7-17-14-16-8-5-6-9-19(16)20(17)21(23)22(3)26(24,25)18-12-10-15(2)11-13-18/h5-6,8-13H,4,7,14H2,1-3H3. The van der Waals surface area contributed by atoms with Crippen LogP contribution < -0.4 is 0 Å². The molecule has 0 saturated heterocycles. The molecule has 0 radical (unpaired) electrons. The number of hydrogen-bond donors (Lipinski definition) is 0. The minimum atomic E-state index is -3.88. The van der Waals surface area contributed by atoms with Gasteiger partial charge in [-0.25, -0.2) is 12.7 Å². The van der Waals surface area contributed by atoms with Gasteiger partial charge in [0.15, 0.2) is 0 Å². The number of hydrogen-bond acceptors (Lipinski definition) is 3. The first-order valence-electron chi connectivity index (χ1n) is 8.76. The van der Waals surface area contributed by atoms with Crippen LogP contribution in [0, 0.1) is 6.92 Å². The summed E-state index contributed by atoms with van der Waals surface area (Å²) in [6.45, 7) is 3.95. The zero-order valence-corrected chi connectivity index (χ0v) is 16.1. The largest absolute Gasteiger partial charge is 0.268 e. The number of carbonyl (C=O) groups excluding carboxylic acids is 1. The highest BCUT2D eigenvalue weighted by Crippen LogP contribution is 2.36. The van der Waals surface area contributed by atoms with E-state index in [0.29, 0.717) is 12.0 Å². The molecule has 26 heavy (non-hydrogen) atoms. The summed E-state index contributed by atoms with van der Waals surface area (Å²) in [6.07, 6.45) is 2.41. The van der Waals surface area contributed by atoms with Crippen LogP contribution >= 0.6 is 0 Å². The van der Waals surface area contributed by atoms with Crippen molar-refractivity contribution in [2.75, 3.05) is 7.05 Å². The summed E-state index contributed by atoms with van der Waals surface area (Å²) in [6, 6.07) is 14.3. The van der Waals surface area contributed by atoms with Crippen LogP contribution in [0.25, 0.3) is 5.57 Å². The third kappa shape index (κ3) is 3.19. The minimum absolute atomic E-state index is 0.128. The van der Waals surface area contributed by atoms with Gasteiger partial charge in [0.25, 0.3) is 15.9 Å². The number of sulfonamides is 1. The Bertz CT molecular complexity index is 973. The monoisotopic (exact) mass is 369 g/mol. The molecule has 0 aliphatic heterocycles. The number of benzene rings is 2. The first-order chi connectivity index (χ1) is 12.4. The number of nitrogens with zero attached hydrogens (tertiary/aromatic N) is 1. The molecular formula is C21H23NO3S. The predicted octanol–water partition coefficient (Wildman–Crippen LogP) is 3.95. The van der Waals surface area contributed by atoms with Crippen molar-refractivity contribution >= 4 is 21.5 Å². The van der Waals surface area contributed by atoms with Gasteiger partial charge in [0, 0.05) is 12.6 Å². The number of allylic oxidation sites excluding steroid dienone is 1. The Kier molecular flexibility index (Phi) is 5.01. The van der Waals surface area contributed by atoms with Crippen molar-refractivity contribution < 1.29 is 13.2 Å². The van der Waals surface area contributed by atoms with Gasteiger partial charge in [-0.3, -0.25) is 4.79 Å². The molecule has 0 spiro atoms. The molecule has 1 aliphatic rings. The van der Waals surface area contributed by atoms with E-state index in [0.717, 1.165) is 39.4 Å². The van der Waals surface area contributed by atoms with E-state index in [9.17, 15) is 13.2 Å². The second-order valence-corrected chi connectivity index (χ2v) is 8.62. The molecule has 0 heterocycles. The van der Waals surface area contributed by atoms with Crippen LogP contribution in [0.4, 0.5) is 0 Å². The van der Waals surface area contributed by atoms with E-state index in [1.165, 1.54) is 7.05 Å². The fourth-order valence-electron chi connectivity index (χ4n) is 3.34. The SMILES string of the molecule is CCCC1=C(C(=O)N(C)S(=O)(=O)c2ccc(C)cc2)c2ccccc2C1. The molecule has 5 heteroatoms. The molecule has 0 unspecified atom stereocenters. The molecule has 0 N–H and O–H groups in total. The second-order valence-electron chi connectivity index (χ2n) is 6.65. The van der Waals surface area contributed by atoms with Crippen LogP contribution in [-0.4, -0.2) is 25.7 Å². The second kappa shape index (κ2) is 7.08. The van der Waals surface area contributed by atoms with Crippen LogP contribution in [0.15, 0.2) is 59.0 Å². The maximum Gasteiger partial charge on any atom is 0.267 e. The lowest BCUT2D eigenvalue weighted by molar-refractivity contribution is -0.119. The van der Waals surface area contributed by atoms with E-state index in [1.807, 2.05) is 31.2 Å². The normalized spacial score (nSPS) is 13.7. The number of rotatable bonds is 5. The van der Waals surface area contributed by atoms with Crippen molar-refractivity contribution in [3.8, 4) is 0 Å². The van der Waals surface area contributed by atoms with E-state index < -0.39 is 15.9 Å². The zero-order valence-electron chi connectivity index (χ0n) is 15.3. The maximum atomic E-state index is 13.2. The highest BCUT2D eigenvalue weighted by Gasteiger charge is 2.33. The summed E-state index contributed by atoms with van der Waals surface area (Å²) < 4.78 is 26.7. The van der Waals surface area contributed by atoms with Gasteiger partial charge in [-0.05, 0) is 43.0 Å². The fourth-order valence-corrected chi connectivity index (χ4v) is 4.45. The summed E-state index contributed by atoms with van der Waals surface area (Å²) in [5.41, 5.74) is 4.47. The zero-order chi connectivity index (χ0) is 18.9. The van der Waals surface area contributed by atoms with Crippen LogP contribution in [-0.2, 0) is 21.2 Å². The van der Waals surface area contributed by atoms with E-state index in [-0.39, 0.29) is 4.90 Å². The van der Waals surface area contributed by atoms with E-state index in [1.54, 1.807) is 24.3 Å². The third-order valence-electron chi connectivity index (χ3n) is 4.78. The minimum Gasteiger partial charge on any atom is -0.268 e. The van der Waals surface area contributed by atoms with Crippen LogP contribution in [0.1, 0.15) is 36.5 Å². The van der Waals surface area contributed by atoms with Gasteiger partial charge in [0.2, 0.25) is 0 Å². The Morgan fingerprint density at radius 3 is 2.38 bits per heavy atom. The molecule has 4 nitrogen and oxygen atoms in total.